The number of carbonyl (C=O) groups excluding carboxylic acids is 1. The highest BCUT2D eigenvalue weighted by molar-refractivity contribution is 5.93. The van der Waals surface area contributed by atoms with Gasteiger partial charge in [-0.15, -0.1) is 0 Å². The Hall–Kier alpha value is -1.40. The van der Waals surface area contributed by atoms with Gasteiger partial charge in [0.05, 0.1) is 19.2 Å². The van der Waals surface area contributed by atoms with E-state index in [2.05, 4.69) is 5.16 Å². The van der Waals surface area contributed by atoms with Crippen LogP contribution in [0.5, 0.6) is 0 Å². The van der Waals surface area contributed by atoms with E-state index in [0.717, 1.165) is 31.4 Å². The molecule has 0 aromatic carbocycles. The molecule has 21 heavy (non-hydrogen) atoms. The number of aromatic nitrogens is 1. The summed E-state index contributed by atoms with van der Waals surface area (Å²) in [6, 6.07) is 1.80. The highest BCUT2D eigenvalue weighted by Crippen LogP contribution is 2.41. The first kappa shape index (κ1) is 13.3. The Morgan fingerprint density at radius 3 is 2.95 bits per heavy atom. The molecule has 1 atom stereocenters. The van der Waals surface area contributed by atoms with Crippen LogP contribution in [0, 0.1) is 0 Å². The molecule has 1 aromatic heterocycles. The molecule has 1 saturated carbocycles. The lowest BCUT2D eigenvalue weighted by atomic mass is 9.84. The van der Waals surface area contributed by atoms with Crippen LogP contribution >= 0.6 is 0 Å². The molecule has 0 N–H and O–H groups in total. The molecule has 2 saturated heterocycles. The summed E-state index contributed by atoms with van der Waals surface area (Å²) in [4.78, 5) is 14.2. The molecular formula is C15H20N2O4. The molecule has 6 nitrogen and oxygen atoms in total. The van der Waals surface area contributed by atoms with Gasteiger partial charge in [-0.05, 0) is 19.3 Å². The van der Waals surface area contributed by atoms with E-state index in [4.69, 9.17) is 14.0 Å². The third-order valence-corrected chi connectivity index (χ3v) is 4.75. The van der Waals surface area contributed by atoms with Gasteiger partial charge in [0.2, 0.25) is 0 Å². The van der Waals surface area contributed by atoms with Gasteiger partial charge in [-0.25, -0.2) is 0 Å². The van der Waals surface area contributed by atoms with Crippen molar-refractivity contribution in [3.8, 4) is 0 Å². The first-order chi connectivity index (χ1) is 10.2. The number of nitrogens with zero attached hydrogens (tertiary/aromatic N) is 2. The van der Waals surface area contributed by atoms with E-state index in [-0.39, 0.29) is 17.6 Å². The molecule has 3 fully saturated rings. The van der Waals surface area contributed by atoms with Crippen LogP contribution in [-0.4, -0.2) is 54.5 Å². The first-order valence-electron chi connectivity index (χ1n) is 7.62. The van der Waals surface area contributed by atoms with Crippen LogP contribution in [0.1, 0.15) is 47.8 Å². The maximum absolute atomic E-state index is 12.4. The minimum absolute atomic E-state index is 0.0561. The van der Waals surface area contributed by atoms with Gasteiger partial charge in [0.15, 0.2) is 5.69 Å². The van der Waals surface area contributed by atoms with Crippen LogP contribution in [0.3, 0.4) is 0 Å². The highest BCUT2D eigenvalue weighted by Gasteiger charge is 2.50. The van der Waals surface area contributed by atoms with E-state index in [1.807, 2.05) is 0 Å². The molecule has 0 radical (unpaired) electrons. The van der Waals surface area contributed by atoms with E-state index in [1.54, 1.807) is 18.1 Å². The van der Waals surface area contributed by atoms with Crippen molar-refractivity contribution in [2.24, 2.45) is 0 Å². The standard InChI is InChI=1S/C15H20N2O4/c1-19-11-4-5-20-15(7-11)8-17(9-15)14(18)12-6-13(21-16-12)10-2-3-10/h6,10-11H,2-5,7-9H2,1H3/t11-/m0/s1. The van der Waals surface area contributed by atoms with E-state index in [0.29, 0.717) is 31.3 Å². The predicted molar refractivity (Wildman–Crippen MR) is 73.1 cm³/mol. The number of hydrogen-bond donors (Lipinski definition) is 0. The average Bonchev–Trinajstić information content (AvgIpc) is 3.21. The van der Waals surface area contributed by atoms with Crippen molar-refractivity contribution in [2.75, 3.05) is 26.8 Å². The zero-order valence-corrected chi connectivity index (χ0v) is 12.2. The lowest BCUT2D eigenvalue weighted by Crippen LogP contribution is -2.67. The van der Waals surface area contributed by atoms with Gasteiger partial charge in [0, 0.05) is 32.1 Å². The van der Waals surface area contributed by atoms with Crippen molar-refractivity contribution < 1.29 is 18.8 Å². The minimum atomic E-state index is -0.211. The molecule has 0 unspecified atom stereocenters. The third kappa shape index (κ3) is 2.36. The fourth-order valence-corrected chi connectivity index (χ4v) is 3.31. The SMILES string of the molecule is CO[C@H]1CCOC2(C1)CN(C(=O)c1cc(C3CC3)on1)C2. The van der Waals surface area contributed by atoms with Gasteiger partial charge >= 0.3 is 0 Å². The lowest BCUT2D eigenvalue weighted by molar-refractivity contribution is -0.182. The topological polar surface area (TPSA) is 64.8 Å². The summed E-state index contributed by atoms with van der Waals surface area (Å²) < 4.78 is 16.6. The Bertz CT molecular complexity index is 546. The zero-order valence-electron chi connectivity index (χ0n) is 12.2. The maximum Gasteiger partial charge on any atom is 0.276 e. The van der Waals surface area contributed by atoms with Gasteiger partial charge in [-0.1, -0.05) is 5.16 Å². The fraction of sp³-hybridized carbons (Fsp3) is 0.733. The summed E-state index contributed by atoms with van der Waals surface area (Å²) in [6.45, 7) is 1.95. The Balaban J connectivity index is 1.38. The van der Waals surface area contributed by atoms with E-state index >= 15 is 0 Å². The predicted octanol–water partition coefficient (Wildman–Crippen LogP) is 1.57. The Kier molecular flexibility index (Phi) is 3.04. The van der Waals surface area contributed by atoms with Crippen molar-refractivity contribution in [3.05, 3.63) is 17.5 Å². The quantitative estimate of drug-likeness (QED) is 0.846. The molecule has 6 heteroatoms. The van der Waals surface area contributed by atoms with Gasteiger partial charge in [0.25, 0.3) is 5.91 Å². The smallest absolute Gasteiger partial charge is 0.276 e. The highest BCUT2D eigenvalue weighted by atomic mass is 16.5. The lowest BCUT2D eigenvalue weighted by Gasteiger charge is -2.52. The monoisotopic (exact) mass is 292 g/mol. The normalized spacial score (nSPS) is 27.7. The average molecular weight is 292 g/mol. The molecule has 3 aliphatic rings. The summed E-state index contributed by atoms with van der Waals surface area (Å²) in [5.41, 5.74) is 0.211. The molecule has 1 aromatic rings. The summed E-state index contributed by atoms with van der Waals surface area (Å²) in [5.74, 6) is 1.27. The number of amides is 1. The maximum atomic E-state index is 12.4. The van der Waals surface area contributed by atoms with Crippen LogP contribution in [0.4, 0.5) is 0 Å². The Labute approximate surface area is 123 Å². The number of hydrogen-bond acceptors (Lipinski definition) is 5. The second-order valence-corrected chi connectivity index (χ2v) is 6.43. The van der Waals surface area contributed by atoms with Crippen LogP contribution in [0.15, 0.2) is 10.6 Å². The van der Waals surface area contributed by atoms with E-state index in [1.165, 1.54) is 0 Å². The number of rotatable bonds is 3. The summed E-state index contributed by atoms with van der Waals surface area (Å²) in [7, 11) is 1.74. The molecule has 1 amide bonds. The number of ether oxygens (including phenoxy) is 2. The van der Waals surface area contributed by atoms with E-state index in [9.17, 15) is 4.79 Å². The number of carbonyl (C=O) groups is 1. The van der Waals surface area contributed by atoms with Crippen molar-refractivity contribution >= 4 is 5.91 Å². The molecular weight excluding hydrogens is 272 g/mol. The van der Waals surface area contributed by atoms with Gasteiger partial charge in [0.1, 0.15) is 11.4 Å². The first-order valence-corrected chi connectivity index (χ1v) is 7.62. The van der Waals surface area contributed by atoms with Gasteiger partial charge in [-0.3, -0.25) is 4.79 Å². The molecule has 2 aliphatic heterocycles. The third-order valence-electron chi connectivity index (χ3n) is 4.75. The molecule has 4 rings (SSSR count). The summed E-state index contributed by atoms with van der Waals surface area (Å²) in [6.07, 6.45) is 4.31. The largest absolute Gasteiger partial charge is 0.381 e. The van der Waals surface area contributed by atoms with Crippen LogP contribution < -0.4 is 0 Å². The van der Waals surface area contributed by atoms with Gasteiger partial charge in [-0.2, -0.15) is 0 Å². The summed E-state index contributed by atoms with van der Waals surface area (Å²) in [5, 5.41) is 3.91. The van der Waals surface area contributed by atoms with Gasteiger partial charge < -0.3 is 18.9 Å². The zero-order chi connectivity index (χ0) is 14.4. The fourth-order valence-electron chi connectivity index (χ4n) is 3.31. The summed E-state index contributed by atoms with van der Waals surface area (Å²) >= 11 is 0. The minimum Gasteiger partial charge on any atom is -0.381 e. The van der Waals surface area contributed by atoms with Crippen LogP contribution in [0.25, 0.3) is 0 Å². The van der Waals surface area contributed by atoms with Crippen molar-refractivity contribution in [2.45, 2.75) is 43.3 Å². The van der Waals surface area contributed by atoms with Crippen molar-refractivity contribution in [1.82, 2.24) is 10.1 Å². The van der Waals surface area contributed by atoms with Crippen molar-refractivity contribution in [1.29, 1.82) is 0 Å². The second kappa shape index (κ2) is 4.81. The Morgan fingerprint density at radius 1 is 1.43 bits per heavy atom. The molecule has 3 heterocycles. The van der Waals surface area contributed by atoms with Crippen molar-refractivity contribution in [3.63, 3.8) is 0 Å². The molecule has 1 spiro atoms. The molecule has 114 valence electrons. The molecule has 0 bridgehead atoms. The van der Waals surface area contributed by atoms with Crippen LogP contribution in [-0.2, 0) is 9.47 Å². The van der Waals surface area contributed by atoms with Crippen LogP contribution in [0.2, 0.25) is 0 Å². The Morgan fingerprint density at radius 2 is 2.24 bits per heavy atom. The number of methoxy groups -OCH3 is 1. The second-order valence-electron chi connectivity index (χ2n) is 6.43. The molecule has 1 aliphatic carbocycles. The number of likely N-dealkylation sites (tertiary alicyclic amines) is 1. The van der Waals surface area contributed by atoms with E-state index < -0.39 is 0 Å².